The fourth-order valence-corrected chi connectivity index (χ4v) is 3.76. The first kappa shape index (κ1) is 17.6. The number of amides is 1. The van der Waals surface area contributed by atoms with Gasteiger partial charge in [0.2, 0.25) is 5.91 Å². The maximum absolute atomic E-state index is 12.2. The molecular formula is C19H27N5O. The van der Waals surface area contributed by atoms with E-state index in [1.807, 2.05) is 12.3 Å². The molecule has 0 aliphatic carbocycles. The van der Waals surface area contributed by atoms with Gasteiger partial charge in [-0.3, -0.25) is 9.69 Å². The summed E-state index contributed by atoms with van der Waals surface area (Å²) >= 11 is 0. The molecule has 1 aliphatic rings. The number of nitrogens with one attached hydrogen (secondary N) is 1. The van der Waals surface area contributed by atoms with Crippen molar-refractivity contribution in [3.63, 3.8) is 0 Å². The molecule has 0 bridgehead atoms. The summed E-state index contributed by atoms with van der Waals surface area (Å²) in [6.45, 7) is 7.73. The number of carbonyl (C=O) groups is 1. The standard InChI is InChI=1S/C19H27N5O/c1-12-5-6-22-18(7-12)24-13(2)8-15(14(24)3)10-23-11-16(20)9-17(23)19(25)21-4/h5-8,16-17H,9-11,20H2,1-4H3,(H,21,25)/t16-,17-/m0/s1. The highest BCUT2D eigenvalue weighted by Crippen LogP contribution is 2.25. The smallest absolute Gasteiger partial charge is 0.237 e. The van der Waals surface area contributed by atoms with Gasteiger partial charge in [-0.15, -0.1) is 0 Å². The van der Waals surface area contributed by atoms with E-state index < -0.39 is 0 Å². The monoisotopic (exact) mass is 341 g/mol. The molecule has 0 unspecified atom stereocenters. The van der Waals surface area contributed by atoms with Crippen molar-refractivity contribution < 1.29 is 4.79 Å². The number of nitrogens with two attached hydrogens (primary N) is 1. The Hall–Kier alpha value is -2.18. The van der Waals surface area contributed by atoms with Gasteiger partial charge in [0, 0.05) is 43.8 Å². The highest BCUT2D eigenvalue weighted by Gasteiger charge is 2.35. The molecule has 6 nitrogen and oxygen atoms in total. The molecule has 3 N–H and O–H groups in total. The molecule has 1 amide bonds. The van der Waals surface area contributed by atoms with Gasteiger partial charge >= 0.3 is 0 Å². The largest absolute Gasteiger partial charge is 0.358 e. The Bertz CT molecular complexity index is 782. The molecule has 1 saturated heterocycles. The van der Waals surface area contributed by atoms with Crippen molar-refractivity contribution in [1.29, 1.82) is 0 Å². The zero-order valence-corrected chi connectivity index (χ0v) is 15.4. The fourth-order valence-electron chi connectivity index (χ4n) is 3.76. The minimum Gasteiger partial charge on any atom is -0.358 e. The van der Waals surface area contributed by atoms with Crippen molar-refractivity contribution >= 4 is 5.91 Å². The number of likely N-dealkylation sites (tertiary alicyclic amines) is 1. The highest BCUT2D eigenvalue weighted by molar-refractivity contribution is 5.81. The molecule has 0 saturated carbocycles. The van der Waals surface area contributed by atoms with E-state index in [-0.39, 0.29) is 18.0 Å². The predicted octanol–water partition coefficient (Wildman–Crippen LogP) is 1.45. The summed E-state index contributed by atoms with van der Waals surface area (Å²) in [7, 11) is 1.68. The van der Waals surface area contributed by atoms with E-state index in [1.54, 1.807) is 7.05 Å². The van der Waals surface area contributed by atoms with E-state index in [0.29, 0.717) is 6.42 Å². The van der Waals surface area contributed by atoms with E-state index in [9.17, 15) is 4.79 Å². The van der Waals surface area contributed by atoms with Crippen molar-refractivity contribution in [3.05, 3.63) is 46.9 Å². The summed E-state index contributed by atoms with van der Waals surface area (Å²) < 4.78 is 2.17. The Kier molecular flexibility index (Phi) is 4.92. The third kappa shape index (κ3) is 3.45. The number of nitrogens with zero attached hydrogens (tertiary/aromatic N) is 3. The quantitative estimate of drug-likeness (QED) is 0.882. The van der Waals surface area contributed by atoms with Crippen molar-refractivity contribution in [2.75, 3.05) is 13.6 Å². The number of aromatic nitrogens is 2. The second-order valence-electron chi connectivity index (χ2n) is 6.98. The summed E-state index contributed by atoms with van der Waals surface area (Å²) in [5.41, 5.74) is 10.8. The lowest BCUT2D eigenvalue weighted by Crippen LogP contribution is -2.41. The summed E-state index contributed by atoms with van der Waals surface area (Å²) in [6.07, 6.45) is 2.54. The van der Waals surface area contributed by atoms with Gasteiger partial charge in [-0.25, -0.2) is 4.98 Å². The second-order valence-corrected chi connectivity index (χ2v) is 6.98. The van der Waals surface area contributed by atoms with Crippen LogP contribution in [0.1, 0.15) is 28.9 Å². The van der Waals surface area contributed by atoms with Crippen LogP contribution in [0, 0.1) is 20.8 Å². The Labute approximate surface area is 149 Å². The molecule has 25 heavy (non-hydrogen) atoms. The highest BCUT2D eigenvalue weighted by atomic mass is 16.2. The maximum Gasteiger partial charge on any atom is 0.237 e. The van der Waals surface area contributed by atoms with E-state index in [2.05, 4.69) is 52.7 Å². The van der Waals surface area contributed by atoms with Crippen molar-refractivity contribution in [2.45, 2.75) is 45.8 Å². The minimum atomic E-state index is -0.153. The predicted molar refractivity (Wildman–Crippen MR) is 98.6 cm³/mol. The Morgan fingerprint density at radius 2 is 2.12 bits per heavy atom. The summed E-state index contributed by atoms with van der Waals surface area (Å²) in [4.78, 5) is 18.8. The average Bonchev–Trinajstić information content (AvgIpc) is 3.06. The fraction of sp³-hybridized carbons (Fsp3) is 0.474. The molecular weight excluding hydrogens is 314 g/mol. The Morgan fingerprint density at radius 3 is 2.80 bits per heavy atom. The van der Waals surface area contributed by atoms with Gasteiger partial charge in [0.15, 0.2) is 0 Å². The second kappa shape index (κ2) is 6.98. The first-order valence-electron chi connectivity index (χ1n) is 8.72. The van der Waals surface area contributed by atoms with Gasteiger partial charge in [-0.2, -0.15) is 0 Å². The molecule has 134 valence electrons. The van der Waals surface area contributed by atoms with Crippen LogP contribution in [-0.2, 0) is 11.3 Å². The van der Waals surface area contributed by atoms with E-state index >= 15 is 0 Å². The van der Waals surface area contributed by atoms with Crippen LogP contribution in [0.2, 0.25) is 0 Å². The third-order valence-electron chi connectivity index (χ3n) is 5.02. The molecule has 6 heteroatoms. The van der Waals surface area contributed by atoms with E-state index in [0.717, 1.165) is 30.3 Å². The molecule has 2 aromatic heterocycles. The van der Waals surface area contributed by atoms with Crippen LogP contribution in [0.15, 0.2) is 24.4 Å². The topological polar surface area (TPSA) is 76.2 Å². The SMILES string of the molecule is CNC(=O)[C@@H]1C[C@H](N)CN1Cc1cc(C)n(-c2cc(C)ccn2)c1C. The number of aryl methyl sites for hydroxylation is 2. The summed E-state index contributed by atoms with van der Waals surface area (Å²) in [5.74, 6) is 0.976. The van der Waals surface area contributed by atoms with Crippen LogP contribution in [0.4, 0.5) is 0 Å². The molecule has 2 aromatic rings. The molecule has 1 aliphatic heterocycles. The van der Waals surface area contributed by atoms with Gasteiger partial charge in [0.25, 0.3) is 0 Å². The molecule has 0 spiro atoms. The number of carbonyl (C=O) groups excluding carboxylic acids is 1. The van der Waals surface area contributed by atoms with Gasteiger partial charge in [-0.05, 0) is 56.5 Å². The first-order chi connectivity index (χ1) is 11.9. The Morgan fingerprint density at radius 1 is 1.36 bits per heavy atom. The lowest BCUT2D eigenvalue weighted by molar-refractivity contribution is -0.125. The summed E-state index contributed by atoms with van der Waals surface area (Å²) in [5, 5.41) is 2.76. The van der Waals surface area contributed by atoms with Crippen LogP contribution in [0.25, 0.3) is 5.82 Å². The molecule has 3 heterocycles. The lowest BCUT2D eigenvalue weighted by atomic mass is 10.1. The number of hydrogen-bond acceptors (Lipinski definition) is 4. The van der Waals surface area contributed by atoms with Crippen LogP contribution in [-0.4, -0.2) is 46.0 Å². The van der Waals surface area contributed by atoms with Crippen molar-refractivity contribution in [2.24, 2.45) is 5.73 Å². The number of hydrogen-bond donors (Lipinski definition) is 2. The van der Waals surface area contributed by atoms with Crippen LogP contribution in [0.5, 0.6) is 0 Å². The first-order valence-corrected chi connectivity index (χ1v) is 8.72. The van der Waals surface area contributed by atoms with Crippen LogP contribution in [0.3, 0.4) is 0 Å². The van der Waals surface area contributed by atoms with Crippen LogP contribution < -0.4 is 11.1 Å². The van der Waals surface area contributed by atoms with Crippen molar-refractivity contribution in [3.8, 4) is 5.82 Å². The summed E-state index contributed by atoms with van der Waals surface area (Å²) in [6, 6.07) is 6.16. The van der Waals surface area contributed by atoms with Gasteiger partial charge < -0.3 is 15.6 Å². The average molecular weight is 341 g/mol. The Balaban J connectivity index is 1.89. The minimum absolute atomic E-state index is 0.0436. The van der Waals surface area contributed by atoms with E-state index in [1.165, 1.54) is 11.1 Å². The van der Waals surface area contributed by atoms with Gasteiger partial charge in [0.05, 0.1) is 6.04 Å². The van der Waals surface area contributed by atoms with Crippen molar-refractivity contribution in [1.82, 2.24) is 19.8 Å². The zero-order valence-electron chi connectivity index (χ0n) is 15.4. The molecule has 1 fully saturated rings. The lowest BCUT2D eigenvalue weighted by Gasteiger charge is -2.23. The molecule has 3 rings (SSSR count). The zero-order chi connectivity index (χ0) is 18.1. The van der Waals surface area contributed by atoms with Gasteiger partial charge in [0.1, 0.15) is 5.82 Å². The molecule has 0 aromatic carbocycles. The van der Waals surface area contributed by atoms with Crippen LogP contribution >= 0.6 is 0 Å². The molecule has 0 radical (unpaired) electrons. The number of rotatable bonds is 4. The normalized spacial score (nSPS) is 20.8. The van der Waals surface area contributed by atoms with Gasteiger partial charge in [-0.1, -0.05) is 0 Å². The number of pyridine rings is 1. The molecule has 2 atom stereocenters. The van der Waals surface area contributed by atoms with E-state index in [4.69, 9.17) is 5.73 Å². The third-order valence-corrected chi connectivity index (χ3v) is 5.02. The maximum atomic E-state index is 12.2. The number of likely N-dealkylation sites (N-methyl/N-ethyl adjacent to an activating group) is 1.